The fourth-order valence-corrected chi connectivity index (χ4v) is 3.84. The van der Waals surface area contributed by atoms with Gasteiger partial charge in [-0.2, -0.15) is 10.5 Å². The summed E-state index contributed by atoms with van der Waals surface area (Å²) in [4.78, 5) is 2.46. The fourth-order valence-electron chi connectivity index (χ4n) is 2.01. The van der Waals surface area contributed by atoms with E-state index in [0.717, 1.165) is 11.5 Å². The fraction of sp³-hybridized carbons (Fsp3) is 0.263. The van der Waals surface area contributed by atoms with Gasteiger partial charge in [-0.3, -0.25) is 0 Å². The van der Waals surface area contributed by atoms with Gasteiger partial charge in [0.1, 0.15) is 0 Å². The second-order valence-electron chi connectivity index (χ2n) is 5.03. The molecular formula is C19H18N2S2. The van der Waals surface area contributed by atoms with Crippen LogP contribution in [0, 0.1) is 22.7 Å². The lowest BCUT2D eigenvalue weighted by Crippen LogP contribution is -1.85. The van der Waals surface area contributed by atoms with Crippen molar-refractivity contribution in [2.45, 2.75) is 29.1 Å². The summed E-state index contributed by atoms with van der Waals surface area (Å²) < 4.78 is 0. The number of unbranched alkanes of at least 4 members (excludes halogenated alkanes) is 2. The lowest BCUT2D eigenvalue weighted by Gasteiger charge is -2.03. The van der Waals surface area contributed by atoms with E-state index in [4.69, 9.17) is 10.5 Å². The molecule has 23 heavy (non-hydrogen) atoms. The molecule has 0 bridgehead atoms. The average molecular weight is 339 g/mol. The number of thioether (sulfide) groups is 2. The second kappa shape index (κ2) is 10.0. The van der Waals surface area contributed by atoms with Gasteiger partial charge in [0.2, 0.25) is 0 Å². The minimum Gasteiger partial charge on any atom is -0.192 e. The molecule has 0 saturated carbocycles. The van der Waals surface area contributed by atoms with Crippen molar-refractivity contribution >= 4 is 23.5 Å². The van der Waals surface area contributed by atoms with Crippen molar-refractivity contribution in [3.63, 3.8) is 0 Å². The number of nitriles is 2. The quantitative estimate of drug-likeness (QED) is 0.472. The normalized spacial score (nSPS) is 10.0. The minimum atomic E-state index is 0.717. The highest BCUT2D eigenvalue weighted by molar-refractivity contribution is 7.99. The number of nitrogens with zero attached hydrogens (tertiary/aromatic N) is 2. The first kappa shape index (κ1) is 17.5. The van der Waals surface area contributed by atoms with Gasteiger partial charge < -0.3 is 0 Å². The Hall–Kier alpha value is -1.88. The zero-order valence-corrected chi connectivity index (χ0v) is 14.5. The Morgan fingerprint density at radius 2 is 1.00 bits per heavy atom. The van der Waals surface area contributed by atoms with Crippen molar-refractivity contribution in [3.8, 4) is 12.1 Å². The van der Waals surface area contributed by atoms with Crippen molar-refractivity contribution in [2.75, 3.05) is 11.5 Å². The van der Waals surface area contributed by atoms with Crippen LogP contribution >= 0.6 is 23.5 Å². The van der Waals surface area contributed by atoms with Crippen LogP contribution in [-0.2, 0) is 0 Å². The van der Waals surface area contributed by atoms with Gasteiger partial charge in [0.25, 0.3) is 0 Å². The molecule has 0 aliphatic carbocycles. The molecule has 0 atom stereocenters. The van der Waals surface area contributed by atoms with Gasteiger partial charge in [0, 0.05) is 9.79 Å². The van der Waals surface area contributed by atoms with E-state index in [9.17, 15) is 0 Å². The zero-order chi connectivity index (χ0) is 16.3. The van der Waals surface area contributed by atoms with Crippen LogP contribution in [0.1, 0.15) is 30.4 Å². The molecule has 116 valence electrons. The van der Waals surface area contributed by atoms with Crippen LogP contribution in [0.4, 0.5) is 0 Å². The second-order valence-corrected chi connectivity index (χ2v) is 7.37. The summed E-state index contributed by atoms with van der Waals surface area (Å²) in [5.74, 6) is 2.24. The molecule has 4 heteroatoms. The van der Waals surface area contributed by atoms with E-state index >= 15 is 0 Å². The van der Waals surface area contributed by atoms with Gasteiger partial charge in [-0.1, -0.05) is 6.42 Å². The summed E-state index contributed by atoms with van der Waals surface area (Å²) in [6.07, 6.45) is 3.64. The monoisotopic (exact) mass is 338 g/mol. The van der Waals surface area contributed by atoms with Crippen molar-refractivity contribution < 1.29 is 0 Å². The third-order valence-electron chi connectivity index (χ3n) is 3.29. The summed E-state index contributed by atoms with van der Waals surface area (Å²) in [6.45, 7) is 0. The summed E-state index contributed by atoms with van der Waals surface area (Å²) in [5.41, 5.74) is 1.43. The van der Waals surface area contributed by atoms with Crippen LogP contribution in [0.2, 0.25) is 0 Å². The number of hydrogen-bond acceptors (Lipinski definition) is 4. The predicted molar refractivity (Wildman–Crippen MR) is 97.6 cm³/mol. The third-order valence-corrected chi connectivity index (χ3v) is 5.49. The first-order valence-corrected chi connectivity index (χ1v) is 9.55. The maximum absolute atomic E-state index is 8.76. The minimum absolute atomic E-state index is 0.717. The van der Waals surface area contributed by atoms with Crippen LogP contribution in [0.15, 0.2) is 58.3 Å². The Morgan fingerprint density at radius 3 is 1.35 bits per heavy atom. The molecule has 0 amide bonds. The molecular weight excluding hydrogens is 320 g/mol. The maximum atomic E-state index is 8.76. The Labute approximate surface area is 146 Å². The zero-order valence-electron chi connectivity index (χ0n) is 12.9. The average Bonchev–Trinajstić information content (AvgIpc) is 2.62. The highest BCUT2D eigenvalue weighted by atomic mass is 32.2. The summed E-state index contributed by atoms with van der Waals surface area (Å²) in [5, 5.41) is 17.5. The van der Waals surface area contributed by atoms with E-state index in [2.05, 4.69) is 12.1 Å². The van der Waals surface area contributed by atoms with E-state index < -0.39 is 0 Å². The topological polar surface area (TPSA) is 47.6 Å². The van der Waals surface area contributed by atoms with Gasteiger partial charge in [-0.15, -0.1) is 23.5 Å². The Morgan fingerprint density at radius 1 is 0.609 bits per heavy atom. The van der Waals surface area contributed by atoms with Crippen LogP contribution in [0.25, 0.3) is 0 Å². The number of rotatable bonds is 8. The first-order valence-electron chi connectivity index (χ1n) is 7.58. The van der Waals surface area contributed by atoms with Crippen molar-refractivity contribution in [2.24, 2.45) is 0 Å². The molecule has 0 N–H and O–H groups in total. The van der Waals surface area contributed by atoms with Crippen molar-refractivity contribution in [1.82, 2.24) is 0 Å². The Bertz CT molecular complexity index is 618. The number of benzene rings is 2. The van der Waals surface area contributed by atoms with Gasteiger partial charge in [-0.25, -0.2) is 0 Å². The van der Waals surface area contributed by atoms with Gasteiger partial charge in [-0.05, 0) is 72.9 Å². The standard InChI is InChI=1S/C19H18N2S2/c20-14-16-4-8-18(9-5-16)22-12-2-1-3-13-23-19-10-6-17(15-21)7-11-19/h4-11H,1-3,12-13H2. The molecule has 0 radical (unpaired) electrons. The molecule has 0 unspecified atom stereocenters. The Balaban J connectivity index is 1.55. The molecule has 0 aromatic heterocycles. The Kier molecular flexibility index (Phi) is 7.60. The van der Waals surface area contributed by atoms with E-state index in [1.165, 1.54) is 29.1 Å². The third kappa shape index (κ3) is 6.40. The molecule has 0 heterocycles. The number of hydrogen-bond donors (Lipinski definition) is 0. The van der Waals surface area contributed by atoms with E-state index in [1.54, 1.807) is 0 Å². The van der Waals surface area contributed by atoms with Crippen LogP contribution in [-0.4, -0.2) is 11.5 Å². The highest BCUT2D eigenvalue weighted by Crippen LogP contribution is 2.22. The van der Waals surface area contributed by atoms with Crippen LogP contribution in [0.3, 0.4) is 0 Å². The largest absolute Gasteiger partial charge is 0.192 e. The van der Waals surface area contributed by atoms with Gasteiger partial charge in [0.15, 0.2) is 0 Å². The maximum Gasteiger partial charge on any atom is 0.0991 e. The SMILES string of the molecule is N#Cc1ccc(SCCCCCSc2ccc(C#N)cc2)cc1. The summed E-state index contributed by atoms with van der Waals surface area (Å²) in [6, 6.07) is 19.8. The molecule has 0 fully saturated rings. The molecule has 2 aromatic rings. The molecule has 0 aliphatic rings. The summed E-state index contributed by atoms with van der Waals surface area (Å²) in [7, 11) is 0. The molecule has 2 nitrogen and oxygen atoms in total. The molecule has 0 spiro atoms. The lowest BCUT2D eigenvalue weighted by atomic mass is 10.2. The smallest absolute Gasteiger partial charge is 0.0991 e. The molecule has 0 aliphatic heterocycles. The van der Waals surface area contributed by atoms with Crippen LogP contribution < -0.4 is 0 Å². The van der Waals surface area contributed by atoms with Crippen molar-refractivity contribution in [3.05, 3.63) is 59.7 Å². The van der Waals surface area contributed by atoms with E-state index in [0.29, 0.717) is 11.1 Å². The van der Waals surface area contributed by atoms with E-state index in [1.807, 2.05) is 72.1 Å². The highest BCUT2D eigenvalue weighted by Gasteiger charge is 1.98. The molecule has 2 aromatic carbocycles. The first-order chi connectivity index (χ1) is 11.3. The lowest BCUT2D eigenvalue weighted by molar-refractivity contribution is 0.785. The van der Waals surface area contributed by atoms with Gasteiger partial charge >= 0.3 is 0 Å². The predicted octanol–water partition coefficient (Wildman–Crippen LogP) is 5.48. The molecule has 2 rings (SSSR count). The van der Waals surface area contributed by atoms with Crippen molar-refractivity contribution in [1.29, 1.82) is 10.5 Å². The summed E-state index contributed by atoms with van der Waals surface area (Å²) >= 11 is 3.70. The van der Waals surface area contributed by atoms with E-state index in [-0.39, 0.29) is 0 Å². The van der Waals surface area contributed by atoms with Crippen LogP contribution in [0.5, 0.6) is 0 Å². The van der Waals surface area contributed by atoms with Gasteiger partial charge in [0.05, 0.1) is 23.3 Å². The molecule has 0 saturated heterocycles.